The Bertz CT molecular complexity index is 407. The molecule has 3 N–H and O–H groups in total. The Morgan fingerprint density at radius 2 is 2.19 bits per heavy atom. The Kier molecular flexibility index (Phi) is 3.88. The molecule has 0 aliphatic heterocycles. The summed E-state index contributed by atoms with van der Waals surface area (Å²) in [6, 6.07) is 3.92. The van der Waals surface area contributed by atoms with E-state index in [1.54, 1.807) is 13.8 Å². The number of hydrogen-bond acceptors (Lipinski definition) is 2. The standard InChI is InChI=1S/C11H14ClFN2O/c1-11(2,6-14)15-10(16)8-4-3-7(12)5-9(8)13/h3-5H,6,14H2,1-2H3,(H,15,16). The molecule has 1 aromatic carbocycles. The molecular formula is C11H14ClFN2O. The lowest BCUT2D eigenvalue weighted by Gasteiger charge is -2.24. The molecule has 0 fully saturated rings. The summed E-state index contributed by atoms with van der Waals surface area (Å²) < 4.78 is 13.4. The molecule has 0 saturated heterocycles. The molecule has 0 spiro atoms. The first-order chi connectivity index (χ1) is 7.35. The van der Waals surface area contributed by atoms with Gasteiger partial charge in [-0.1, -0.05) is 11.6 Å². The van der Waals surface area contributed by atoms with Crippen LogP contribution in [0.2, 0.25) is 5.02 Å². The number of carbonyl (C=O) groups is 1. The molecule has 3 nitrogen and oxygen atoms in total. The quantitative estimate of drug-likeness (QED) is 0.854. The number of hydrogen-bond donors (Lipinski definition) is 2. The Labute approximate surface area is 98.8 Å². The fourth-order valence-corrected chi connectivity index (χ4v) is 1.26. The lowest BCUT2D eigenvalue weighted by Crippen LogP contribution is -2.49. The first-order valence-electron chi connectivity index (χ1n) is 4.83. The van der Waals surface area contributed by atoms with Gasteiger partial charge in [0, 0.05) is 17.1 Å². The van der Waals surface area contributed by atoms with Crippen molar-refractivity contribution in [1.82, 2.24) is 5.32 Å². The zero-order chi connectivity index (χ0) is 12.3. The van der Waals surface area contributed by atoms with E-state index in [2.05, 4.69) is 5.32 Å². The summed E-state index contributed by atoms with van der Waals surface area (Å²) in [5.41, 5.74) is 4.86. The van der Waals surface area contributed by atoms with Gasteiger partial charge >= 0.3 is 0 Å². The predicted octanol–water partition coefficient (Wildman–Crippen LogP) is 1.95. The number of rotatable bonds is 3. The minimum absolute atomic E-state index is 0.0362. The van der Waals surface area contributed by atoms with Crippen LogP contribution in [-0.4, -0.2) is 18.0 Å². The molecular weight excluding hydrogens is 231 g/mol. The van der Waals surface area contributed by atoms with E-state index in [0.717, 1.165) is 6.07 Å². The molecule has 0 bridgehead atoms. The van der Waals surface area contributed by atoms with Gasteiger partial charge in [0.2, 0.25) is 0 Å². The van der Waals surface area contributed by atoms with Gasteiger partial charge in [-0.25, -0.2) is 4.39 Å². The molecule has 0 radical (unpaired) electrons. The van der Waals surface area contributed by atoms with Crippen LogP contribution in [0.4, 0.5) is 4.39 Å². The van der Waals surface area contributed by atoms with Crippen molar-refractivity contribution in [3.05, 3.63) is 34.6 Å². The SMILES string of the molecule is CC(C)(CN)NC(=O)c1ccc(Cl)cc1F. The minimum atomic E-state index is -0.641. The minimum Gasteiger partial charge on any atom is -0.346 e. The van der Waals surface area contributed by atoms with Crippen LogP contribution in [0.25, 0.3) is 0 Å². The third-order valence-electron chi connectivity index (χ3n) is 2.14. The Morgan fingerprint density at radius 1 is 1.56 bits per heavy atom. The summed E-state index contributed by atoms with van der Waals surface area (Å²) in [5.74, 6) is -1.14. The number of benzene rings is 1. The molecule has 0 heterocycles. The third-order valence-corrected chi connectivity index (χ3v) is 2.37. The van der Waals surface area contributed by atoms with E-state index < -0.39 is 17.3 Å². The van der Waals surface area contributed by atoms with Crippen LogP contribution >= 0.6 is 11.6 Å². The van der Waals surface area contributed by atoms with Crippen LogP contribution in [0, 0.1) is 5.82 Å². The largest absolute Gasteiger partial charge is 0.346 e. The summed E-state index contributed by atoms with van der Waals surface area (Å²) in [6.45, 7) is 3.80. The lowest BCUT2D eigenvalue weighted by atomic mass is 10.1. The van der Waals surface area contributed by atoms with Crippen molar-refractivity contribution in [2.45, 2.75) is 19.4 Å². The maximum Gasteiger partial charge on any atom is 0.254 e. The number of nitrogens with one attached hydrogen (secondary N) is 1. The first-order valence-corrected chi connectivity index (χ1v) is 5.21. The first kappa shape index (κ1) is 12.9. The second kappa shape index (κ2) is 4.80. The fourth-order valence-electron chi connectivity index (χ4n) is 1.10. The molecule has 88 valence electrons. The Morgan fingerprint density at radius 3 is 2.69 bits per heavy atom. The highest BCUT2D eigenvalue weighted by Crippen LogP contribution is 2.15. The zero-order valence-corrected chi connectivity index (χ0v) is 9.94. The van der Waals surface area contributed by atoms with Crippen LogP contribution in [0.1, 0.15) is 24.2 Å². The van der Waals surface area contributed by atoms with Crippen molar-refractivity contribution in [3.8, 4) is 0 Å². The molecule has 0 saturated carbocycles. The molecule has 0 atom stereocenters. The van der Waals surface area contributed by atoms with Crippen molar-refractivity contribution in [1.29, 1.82) is 0 Å². The van der Waals surface area contributed by atoms with Gasteiger partial charge in [-0.3, -0.25) is 4.79 Å². The second-order valence-electron chi connectivity index (χ2n) is 4.17. The summed E-state index contributed by atoms with van der Waals surface area (Å²) in [6.07, 6.45) is 0. The van der Waals surface area contributed by atoms with Gasteiger partial charge in [0.25, 0.3) is 5.91 Å². The maximum atomic E-state index is 13.4. The normalized spacial score (nSPS) is 11.3. The number of carbonyl (C=O) groups excluding carboxylic acids is 1. The maximum absolute atomic E-state index is 13.4. The number of halogens is 2. The van der Waals surface area contributed by atoms with E-state index in [-0.39, 0.29) is 17.1 Å². The second-order valence-corrected chi connectivity index (χ2v) is 4.60. The van der Waals surface area contributed by atoms with Gasteiger partial charge in [0.05, 0.1) is 5.56 Å². The molecule has 0 aliphatic carbocycles. The van der Waals surface area contributed by atoms with Gasteiger partial charge in [0.15, 0.2) is 0 Å². The highest BCUT2D eigenvalue weighted by atomic mass is 35.5. The average molecular weight is 245 g/mol. The average Bonchev–Trinajstić information content (AvgIpc) is 2.16. The van der Waals surface area contributed by atoms with E-state index in [4.69, 9.17) is 17.3 Å². The van der Waals surface area contributed by atoms with Crippen molar-refractivity contribution in [3.63, 3.8) is 0 Å². The lowest BCUT2D eigenvalue weighted by molar-refractivity contribution is 0.0911. The van der Waals surface area contributed by atoms with E-state index in [9.17, 15) is 9.18 Å². The number of nitrogens with two attached hydrogens (primary N) is 1. The number of amides is 1. The smallest absolute Gasteiger partial charge is 0.254 e. The van der Waals surface area contributed by atoms with E-state index in [1.807, 2.05) is 0 Å². The summed E-state index contributed by atoms with van der Waals surface area (Å²) >= 11 is 5.59. The fraction of sp³-hybridized carbons (Fsp3) is 0.364. The van der Waals surface area contributed by atoms with Crippen LogP contribution < -0.4 is 11.1 Å². The van der Waals surface area contributed by atoms with Crippen LogP contribution in [-0.2, 0) is 0 Å². The summed E-state index contributed by atoms with van der Waals surface area (Å²) in [4.78, 5) is 11.7. The highest BCUT2D eigenvalue weighted by Gasteiger charge is 2.21. The van der Waals surface area contributed by atoms with Crippen LogP contribution in [0.3, 0.4) is 0 Å². The molecule has 1 rings (SSSR count). The molecule has 5 heteroatoms. The van der Waals surface area contributed by atoms with Gasteiger partial charge in [-0.2, -0.15) is 0 Å². The predicted molar refractivity (Wildman–Crippen MR) is 62.0 cm³/mol. The highest BCUT2D eigenvalue weighted by molar-refractivity contribution is 6.30. The van der Waals surface area contributed by atoms with E-state index >= 15 is 0 Å². The molecule has 0 unspecified atom stereocenters. The Hall–Kier alpha value is -1.13. The van der Waals surface area contributed by atoms with Crippen LogP contribution in [0.15, 0.2) is 18.2 Å². The monoisotopic (exact) mass is 244 g/mol. The van der Waals surface area contributed by atoms with Crippen molar-refractivity contribution in [2.24, 2.45) is 5.73 Å². The summed E-state index contributed by atoms with van der Waals surface area (Å²) in [7, 11) is 0. The van der Waals surface area contributed by atoms with Crippen molar-refractivity contribution < 1.29 is 9.18 Å². The Balaban J connectivity index is 2.89. The molecule has 0 aromatic heterocycles. The molecule has 1 aromatic rings. The topological polar surface area (TPSA) is 55.1 Å². The van der Waals surface area contributed by atoms with E-state index in [1.165, 1.54) is 12.1 Å². The summed E-state index contributed by atoms with van der Waals surface area (Å²) in [5, 5.41) is 2.89. The zero-order valence-electron chi connectivity index (χ0n) is 9.18. The van der Waals surface area contributed by atoms with Gasteiger partial charge in [-0.05, 0) is 32.0 Å². The van der Waals surface area contributed by atoms with Crippen molar-refractivity contribution >= 4 is 17.5 Å². The van der Waals surface area contributed by atoms with Crippen LogP contribution in [0.5, 0.6) is 0 Å². The molecule has 0 aliphatic rings. The third kappa shape index (κ3) is 3.18. The van der Waals surface area contributed by atoms with E-state index in [0.29, 0.717) is 0 Å². The van der Waals surface area contributed by atoms with Gasteiger partial charge < -0.3 is 11.1 Å². The molecule has 1 amide bonds. The van der Waals surface area contributed by atoms with Gasteiger partial charge in [-0.15, -0.1) is 0 Å². The molecule has 16 heavy (non-hydrogen) atoms. The van der Waals surface area contributed by atoms with Crippen molar-refractivity contribution in [2.75, 3.05) is 6.54 Å². The van der Waals surface area contributed by atoms with Gasteiger partial charge in [0.1, 0.15) is 5.82 Å².